The number of ether oxygens (including phenoxy) is 2. The van der Waals surface area contributed by atoms with Crippen molar-refractivity contribution in [2.45, 2.75) is 27.2 Å². The van der Waals surface area contributed by atoms with Gasteiger partial charge in [0, 0.05) is 55.6 Å². The number of hydrogen-bond donors (Lipinski definition) is 2. The number of nitrogens with zero attached hydrogens (tertiary/aromatic N) is 2. The summed E-state index contributed by atoms with van der Waals surface area (Å²) in [5, 5.41) is 5.81. The fraction of sp³-hybridized carbons (Fsp3) is 0.370. The molecule has 1 saturated heterocycles. The van der Waals surface area contributed by atoms with E-state index in [9.17, 15) is 14.0 Å². The van der Waals surface area contributed by atoms with Gasteiger partial charge in [-0.05, 0) is 36.6 Å². The minimum Gasteiger partial charge on any atom is -0.491 e. The lowest BCUT2D eigenvalue weighted by Crippen LogP contribution is -2.55. The number of aliphatic imine (C=N–C) groups is 1. The lowest BCUT2D eigenvalue weighted by molar-refractivity contribution is -0.143. The third-order valence-electron chi connectivity index (χ3n) is 5.54. The second-order valence-electron chi connectivity index (χ2n) is 9.35. The van der Waals surface area contributed by atoms with E-state index in [1.165, 1.54) is 6.07 Å². The van der Waals surface area contributed by atoms with Crippen molar-refractivity contribution in [3.63, 3.8) is 0 Å². The van der Waals surface area contributed by atoms with E-state index in [4.69, 9.17) is 9.47 Å². The average molecular weight is 497 g/mol. The number of nitrogens with one attached hydrogen (secondary N) is 2. The highest BCUT2D eigenvalue weighted by Gasteiger charge is 2.37. The lowest BCUT2D eigenvalue weighted by Gasteiger charge is -2.45. The molecule has 0 aliphatic carbocycles. The first kappa shape index (κ1) is 26.9. The standard InChI is InChI=1S/C27H33FN4O4/c1-6-29-23-14-21(36-12-11-35-5)13-22(28)26(23)18(2)30-19-7-9-20(10-8-19)31-24(33)15-25(34)32-16-27(3,4)17-32/h6-10,13-14,30H,2,11-12,15-17H2,1,3-5H3,(H,31,33). The Morgan fingerprint density at radius 1 is 1.14 bits per heavy atom. The van der Waals surface area contributed by atoms with Crippen LogP contribution in [0.15, 0.2) is 48.0 Å². The van der Waals surface area contributed by atoms with Gasteiger partial charge >= 0.3 is 0 Å². The molecule has 0 atom stereocenters. The second kappa shape index (κ2) is 11.8. The molecule has 2 aromatic rings. The van der Waals surface area contributed by atoms with Crippen LogP contribution in [-0.4, -0.2) is 56.3 Å². The van der Waals surface area contributed by atoms with Gasteiger partial charge in [0.2, 0.25) is 11.8 Å². The largest absolute Gasteiger partial charge is 0.491 e. The number of carbonyl (C=O) groups is 2. The van der Waals surface area contributed by atoms with E-state index in [-0.39, 0.29) is 35.8 Å². The first-order valence-electron chi connectivity index (χ1n) is 11.7. The summed E-state index contributed by atoms with van der Waals surface area (Å²) in [6, 6.07) is 9.76. The summed E-state index contributed by atoms with van der Waals surface area (Å²) in [4.78, 5) is 30.4. The Morgan fingerprint density at radius 2 is 1.78 bits per heavy atom. The SMILES string of the molecule is C=C(Nc1ccc(NC(=O)CC(=O)N2CC(C)(C)C2)cc1)c1c(F)cc(OCCOC)cc1N=CC. The average Bonchev–Trinajstić information content (AvgIpc) is 2.78. The Bertz CT molecular complexity index is 1140. The molecule has 0 bridgehead atoms. The molecular weight excluding hydrogens is 463 g/mol. The zero-order valence-electron chi connectivity index (χ0n) is 21.2. The molecule has 0 aromatic heterocycles. The van der Waals surface area contributed by atoms with Gasteiger partial charge in [0.15, 0.2) is 0 Å². The van der Waals surface area contributed by atoms with E-state index < -0.39 is 5.82 Å². The molecule has 0 unspecified atom stereocenters. The molecule has 2 amide bonds. The number of carbonyl (C=O) groups excluding carboxylic acids is 2. The van der Waals surface area contributed by atoms with Gasteiger partial charge in [-0.1, -0.05) is 20.4 Å². The molecule has 1 fully saturated rings. The van der Waals surface area contributed by atoms with Crippen LogP contribution in [0.4, 0.5) is 21.5 Å². The molecule has 1 aliphatic rings. The minimum absolute atomic E-state index is 0.116. The number of anilines is 2. The molecular formula is C27H33FN4O4. The van der Waals surface area contributed by atoms with Crippen molar-refractivity contribution in [1.82, 2.24) is 4.90 Å². The minimum atomic E-state index is -0.526. The van der Waals surface area contributed by atoms with Crippen molar-refractivity contribution in [2.24, 2.45) is 10.4 Å². The van der Waals surface area contributed by atoms with Gasteiger partial charge in [0.1, 0.15) is 24.6 Å². The maximum Gasteiger partial charge on any atom is 0.233 e. The van der Waals surface area contributed by atoms with Crippen LogP contribution in [0.1, 0.15) is 32.8 Å². The Kier molecular flexibility index (Phi) is 8.82. The highest BCUT2D eigenvalue weighted by Crippen LogP contribution is 2.34. The first-order valence-corrected chi connectivity index (χ1v) is 11.7. The van der Waals surface area contributed by atoms with Crippen molar-refractivity contribution in [3.8, 4) is 5.75 Å². The number of benzene rings is 2. The van der Waals surface area contributed by atoms with Crippen LogP contribution in [0, 0.1) is 11.2 Å². The predicted molar refractivity (Wildman–Crippen MR) is 140 cm³/mol. The summed E-state index contributed by atoms with van der Waals surface area (Å²) in [6.07, 6.45) is 1.37. The zero-order valence-corrected chi connectivity index (χ0v) is 21.2. The summed E-state index contributed by atoms with van der Waals surface area (Å²) in [7, 11) is 1.56. The van der Waals surface area contributed by atoms with Crippen LogP contribution in [0.5, 0.6) is 5.75 Å². The van der Waals surface area contributed by atoms with E-state index in [0.29, 0.717) is 48.2 Å². The van der Waals surface area contributed by atoms with Crippen LogP contribution in [0.25, 0.3) is 5.70 Å². The summed E-state index contributed by atoms with van der Waals surface area (Å²) >= 11 is 0. The summed E-state index contributed by atoms with van der Waals surface area (Å²) in [5.41, 5.74) is 2.22. The van der Waals surface area contributed by atoms with Crippen LogP contribution >= 0.6 is 0 Å². The van der Waals surface area contributed by atoms with Crippen molar-refractivity contribution in [1.29, 1.82) is 0 Å². The van der Waals surface area contributed by atoms with Gasteiger partial charge in [0.05, 0.1) is 17.9 Å². The van der Waals surface area contributed by atoms with Crippen LogP contribution in [0.3, 0.4) is 0 Å². The highest BCUT2D eigenvalue weighted by molar-refractivity contribution is 6.03. The van der Waals surface area contributed by atoms with Crippen molar-refractivity contribution in [3.05, 3.63) is 54.4 Å². The fourth-order valence-corrected chi connectivity index (χ4v) is 3.93. The topological polar surface area (TPSA) is 92.3 Å². The van der Waals surface area contributed by atoms with E-state index in [1.807, 2.05) is 0 Å². The van der Waals surface area contributed by atoms with Crippen LogP contribution < -0.4 is 15.4 Å². The Hall–Kier alpha value is -3.72. The number of rotatable bonds is 11. The molecule has 0 radical (unpaired) electrons. The summed E-state index contributed by atoms with van der Waals surface area (Å²) in [6.45, 7) is 11.9. The van der Waals surface area contributed by atoms with Crippen LogP contribution in [-0.2, 0) is 14.3 Å². The molecule has 0 spiro atoms. The number of hydrogen-bond acceptors (Lipinski definition) is 6. The van der Waals surface area contributed by atoms with Crippen LogP contribution in [0.2, 0.25) is 0 Å². The maximum absolute atomic E-state index is 15.0. The molecule has 2 N–H and O–H groups in total. The molecule has 1 heterocycles. The quantitative estimate of drug-likeness (QED) is 0.264. The monoisotopic (exact) mass is 496 g/mol. The molecule has 192 valence electrons. The molecule has 2 aromatic carbocycles. The second-order valence-corrected chi connectivity index (χ2v) is 9.35. The third-order valence-corrected chi connectivity index (χ3v) is 5.54. The van der Waals surface area contributed by atoms with Gasteiger partial charge in [-0.25, -0.2) is 4.39 Å². The normalized spacial score (nSPS) is 14.3. The number of amides is 2. The molecule has 3 rings (SSSR count). The van der Waals surface area contributed by atoms with Crippen molar-refractivity contribution in [2.75, 3.05) is 44.0 Å². The molecule has 0 saturated carbocycles. The number of halogens is 1. The van der Waals surface area contributed by atoms with Gasteiger partial charge < -0.3 is 25.0 Å². The van der Waals surface area contributed by atoms with E-state index in [0.717, 1.165) is 0 Å². The summed E-state index contributed by atoms with van der Waals surface area (Å²) in [5.74, 6) is -0.726. The van der Waals surface area contributed by atoms with Gasteiger partial charge in [-0.2, -0.15) is 0 Å². The number of likely N-dealkylation sites (tertiary alicyclic amines) is 1. The molecule has 1 aliphatic heterocycles. The highest BCUT2D eigenvalue weighted by atomic mass is 19.1. The van der Waals surface area contributed by atoms with Crippen molar-refractivity contribution < 1.29 is 23.5 Å². The Labute approximate surface area is 211 Å². The molecule has 36 heavy (non-hydrogen) atoms. The maximum atomic E-state index is 15.0. The van der Waals surface area contributed by atoms with Gasteiger partial charge in [0.25, 0.3) is 0 Å². The fourth-order valence-electron chi connectivity index (χ4n) is 3.93. The third kappa shape index (κ3) is 7.14. The van der Waals surface area contributed by atoms with Crippen molar-refractivity contribution >= 4 is 40.8 Å². The molecule has 9 heteroatoms. The van der Waals surface area contributed by atoms with E-state index in [1.54, 1.807) is 55.5 Å². The van der Waals surface area contributed by atoms with Gasteiger partial charge in [-0.3, -0.25) is 14.6 Å². The zero-order chi connectivity index (χ0) is 26.3. The van der Waals surface area contributed by atoms with E-state index in [2.05, 4.69) is 36.1 Å². The Morgan fingerprint density at radius 3 is 2.36 bits per heavy atom. The number of methoxy groups -OCH3 is 1. The van der Waals surface area contributed by atoms with Gasteiger partial charge in [-0.15, -0.1) is 0 Å². The summed E-state index contributed by atoms with van der Waals surface area (Å²) < 4.78 is 25.5. The first-order chi connectivity index (χ1) is 17.1. The smallest absolute Gasteiger partial charge is 0.233 e. The predicted octanol–water partition coefficient (Wildman–Crippen LogP) is 4.85. The molecule has 8 nitrogen and oxygen atoms in total. The lowest BCUT2D eigenvalue weighted by atomic mass is 9.84. The van der Waals surface area contributed by atoms with E-state index >= 15 is 0 Å². The Balaban J connectivity index is 1.61.